The van der Waals surface area contributed by atoms with Crippen LogP contribution in [0.1, 0.15) is 87.3 Å². The van der Waals surface area contributed by atoms with Crippen molar-refractivity contribution in [3.8, 4) is 0 Å². The lowest BCUT2D eigenvalue weighted by atomic mass is 10.1. The molecule has 0 saturated carbocycles. The van der Waals surface area contributed by atoms with E-state index in [0.29, 0.717) is 75.4 Å². The SMILES string of the molecule is CCOC(=O)c1c2c(C(=O)c3ccc(Cl)cc3)sc(SCc3ccccc3CSc3sc(C(=O)c4ccc(Cl)cc4)c4c(C(=O)OCC)c5cc(C)ccn5c34)c2n2ccc(C)cc12. The molecule has 64 heavy (non-hydrogen) atoms. The van der Waals surface area contributed by atoms with E-state index in [9.17, 15) is 19.2 Å². The maximum Gasteiger partial charge on any atom is 0.341 e. The van der Waals surface area contributed by atoms with Gasteiger partial charge >= 0.3 is 11.9 Å². The van der Waals surface area contributed by atoms with Gasteiger partial charge in [-0.15, -0.1) is 46.2 Å². The third-order valence-electron chi connectivity index (χ3n) is 10.8. The summed E-state index contributed by atoms with van der Waals surface area (Å²) in [6.45, 7) is 7.86. The van der Waals surface area contributed by atoms with Crippen molar-refractivity contribution in [1.29, 1.82) is 0 Å². The lowest BCUT2D eigenvalue weighted by molar-refractivity contribution is 0.0521. The fourth-order valence-electron chi connectivity index (χ4n) is 7.87. The van der Waals surface area contributed by atoms with E-state index in [4.69, 9.17) is 32.7 Å². The van der Waals surface area contributed by atoms with Crippen LogP contribution in [0.4, 0.5) is 0 Å². The van der Waals surface area contributed by atoms with Gasteiger partial charge in [0.15, 0.2) is 0 Å². The molecule has 0 spiro atoms. The molecule has 8 nitrogen and oxygen atoms in total. The molecule has 0 amide bonds. The Balaban J connectivity index is 1.11. The molecule has 14 heteroatoms. The van der Waals surface area contributed by atoms with E-state index in [0.717, 1.165) is 41.7 Å². The molecule has 0 aliphatic heterocycles. The summed E-state index contributed by atoms with van der Waals surface area (Å²) in [5, 5.41) is 2.18. The summed E-state index contributed by atoms with van der Waals surface area (Å²) in [5.74, 6) is -0.246. The summed E-state index contributed by atoms with van der Waals surface area (Å²) < 4.78 is 17.0. The first-order valence-electron chi connectivity index (χ1n) is 20.4. The van der Waals surface area contributed by atoms with E-state index in [1.165, 1.54) is 22.7 Å². The van der Waals surface area contributed by atoms with Gasteiger partial charge in [0, 0.05) is 55.8 Å². The van der Waals surface area contributed by atoms with Crippen LogP contribution in [0.25, 0.3) is 32.8 Å². The number of rotatable bonds is 14. The van der Waals surface area contributed by atoms with Gasteiger partial charge in [-0.1, -0.05) is 47.5 Å². The zero-order valence-electron chi connectivity index (χ0n) is 35.0. The van der Waals surface area contributed by atoms with Gasteiger partial charge in [0.25, 0.3) is 0 Å². The topological polar surface area (TPSA) is 95.6 Å². The maximum atomic E-state index is 14.4. The molecule has 0 bridgehead atoms. The monoisotopic (exact) mass is 960 g/mol. The van der Waals surface area contributed by atoms with E-state index >= 15 is 0 Å². The zero-order chi connectivity index (χ0) is 44.8. The quantitative estimate of drug-likeness (QED) is 0.0604. The van der Waals surface area contributed by atoms with Crippen molar-refractivity contribution in [1.82, 2.24) is 8.80 Å². The predicted molar refractivity (Wildman–Crippen MR) is 262 cm³/mol. The number of carbonyl (C=O) groups is 4. The second-order valence-electron chi connectivity index (χ2n) is 15.0. The normalized spacial score (nSPS) is 11.6. The molecule has 0 atom stereocenters. The zero-order valence-corrected chi connectivity index (χ0v) is 39.7. The van der Waals surface area contributed by atoms with Crippen molar-refractivity contribution in [3.05, 3.63) is 174 Å². The van der Waals surface area contributed by atoms with Crippen LogP contribution in [0.5, 0.6) is 0 Å². The number of hydrogen-bond donors (Lipinski definition) is 0. The van der Waals surface area contributed by atoms with Gasteiger partial charge in [-0.25, -0.2) is 9.59 Å². The van der Waals surface area contributed by atoms with Crippen LogP contribution < -0.4 is 0 Å². The fraction of sp³-hybridized carbons (Fsp3) is 0.160. The van der Waals surface area contributed by atoms with Crippen LogP contribution in [0.15, 0.2) is 118 Å². The molecule has 0 unspecified atom stereocenters. The first kappa shape index (κ1) is 43.9. The Morgan fingerprint density at radius 2 is 0.969 bits per heavy atom. The Kier molecular flexibility index (Phi) is 12.5. The van der Waals surface area contributed by atoms with Gasteiger partial charge in [0.05, 0.1) is 64.6 Å². The van der Waals surface area contributed by atoms with Crippen LogP contribution in [-0.2, 0) is 21.0 Å². The predicted octanol–water partition coefficient (Wildman–Crippen LogP) is 13.9. The summed E-state index contributed by atoms with van der Waals surface area (Å²) in [6, 6.07) is 29.7. The number of aromatic nitrogens is 2. The molecule has 0 N–H and O–H groups in total. The van der Waals surface area contributed by atoms with Gasteiger partial charge in [-0.2, -0.15) is 0 Å². The minimum atomic E-state index is -0.483. The molecule has 9 aromatic rings. The van der Waals surface area contributed by atoms with E-state index in [1.54, 1.807) is 85.9 Å². The highest BCUT2D eigenvalue weighted by atomic mass is 35.5. The van der Waals surface area contributed by atoms with Crippen LogP contribution in [-0.4, -0.2) is 45.5 Å². The number of esters is 2. The summed E-state index contributed by atoms with van der Waals surface area (Å²) in [5.41, 5.74) is 8.70. The molecular formula is C50H38Cl2N2O6S4. The molecule has 0 aliphatic carbocycles. The average Bonchev–Trinajstić information content (AvgIpc) is 4.02. The van der Waals surface area contributed by atoms with Gasteiger partial charge in [-0.05, 0) is 123 Å². The van der Waals surface area contributed by atoms with Crippen molar-refractivity contribution in [2.45, 2.75) is 47.6 Å². The van der Waals surface area contributed by atoms with Crippen molar-refractivity contribution < 1.29 is 28.7 Å². The molecule has 0 saturated heterocycles. The minimum absolute atomic E-state index is 0.189. The van der Waals surface area contributed by atoms with Crippen molar-refractivity contribution in [2.24, 2.45) is 0 Å². The maximum absolute atomic E-state index is 14.4. The first-order valence-corrected chi connectivity index (χ1v) is 24.7. The van der Waals surface area contributed by atoms with E-state index in [-0.39, 0.29) is 24.8 Å². The van der Waals surface area contributed by atoms with Crippen molar-refractivity contribution >= 4 is 126 Å². The Morgan fingerprint density at radius 3 is 1.34 bits per heavy atom. The molecule has 0 radical (unpaired) electrons. The molecule has 0 aliphatic rings. The number of benzene rings is 3. The van der Waals surface area contributed by atoms with Crippen LogP contribution in [0.3, 0.4) is 0 Å². The van der Waals surface area contributed by atoms with Gasteiger partial charge in [0.2, 0.25) is 11.6 Å². The highest BCUT2D eigenvalue weighted by Crippen LogP contribution is 2.47. The number of ether oxygens (including phenoxy) is 2. The number of fused-ring (bicyclic) bond motifs is 6. The number of nitrogens with zero attached hydrogens (tertiary/aromatic N) is 2. The first-order chi connectivity index (χ1) is 31.0. The highest BCUT2D eigenvalue weighted by Gasteiger charge is 2.32. The molecule has 9 rings (SSSR count). The summed E-state index contributed by atoms with van der Waals surface area (Å²) in [7, 11) is 0. The molecule has 6 heterocycles. The molecular weight excluding hydrogens is 924 g/mol. The lowest BCUT2D eigenvalue weighted by Gasteiger charge is -2.09. The molecule has 322 valence electrons. The van der Waals surface area contributed by atoms with Crippen molar-refractivity contribution in [2.75, 3.05) is 13.2 Å². The Labute approximate surface area is 395 Å². The molecule has 6 aromatic heterocycles. The standard InChI is InChI=1S/C50H38Cl2N2O6S4/c1-5-59-47(57)37-35-23-27(3)19-21-53(35)41-39(37)45(43(55)29-11-15-33(51)16-12-29)63-49(41)61-25-31-9-7-8-10-32(31)26-62-50-42-40(46(64-50)44(56)30-13-17-34(52)18-14-30)38(48(58)60-6-2)36-24-28(4)20-22-54(36)42/h7-24H,5-6,25-26H2,1-4H3. The largest absolute Gasteiger partial charge is 0.462 e. The number of aryl methyl sites for hydroxylation is 2. The van der Waals surface area contributed by atoms with E-state index in [1.807, 2.05) is 71.4 Å². The third-order valence-corrected chi connectivity index (χ3v) is 16.3. The number of thioether (sulfide) groups is 2. The highest BCUT2D eigenvalue weighted by molar-refractivity contribution is 8.01. The third kappa shape index (κ3) is 8.05. The number of hydrogen-bond acceptors (Lipinski definition) is 10. The van der Waals surface area contributed by atoms with Gasteiger partial charge in [-0.3, -0.25) is 9.59 Å². The van der Waals surface area contributed by atoms with E-state index in [2.05, 4.69) is 12.1 Å². The van der Waals surface area contributed by atoms with Crippen LogP contribution in [0, 0.1) is 13.8 Å². The van der Waals surface area contributed by atoms with Crippen LogP contribution in [0.2, 0.25) is 10.0 Å². The summed E-state index contributed by atoms with van der Waals surface area (Å²) in [6.07, 6.45) is 3.89. The number of halogens is 2. The average molecular weight is 962 g/mol. The Morgan fingerprint density at radius 1 is 0.578 bits per heavy atom. The smallest absolute Gasteiger partial charge is 0.341 e. The van der Waals surface area contributed by atoms with Crippen LogP contribution >= 0.6 is 69.4 Å². The minimum Gasteiger partial charge on any atom is -0.462 e. The number of ketones is 2. The lowest BCUT2D eigenvalue weighted by Crippen LogP contribution is -2.06. The molecule has 0 fully saturated rings. The Bertz CT molecular complexity index is 3110. The van der Waals surface area contributed by atoms with E-state index < -0.39 is 11.9 Å². The van der Waals surface area contributed by atoms with Gasteiger partial charge < -0.3 is 18.3 Å². The Hall–Kier alpha value is -5.34. The second kappa shape index (κ2) is 18.3. The number of thiophene rings is 2. The number of pyridine rings is 2. The number of carbonyl (C=O) groups excluding carboxylic acids is 4. The van der Waals surface area contributed by atoms with Crippen molar-refractivity contribution in [3.63, 3.8) is 0 Å². The summed E-state index contributed by atoms with van der Waals surface area (Å²) >= 11 is 18.4. The molecule has 3 aromatic carbocycles. The second-order valence-corrected chi connectivity index (χ2v) is 20.4. The summed E-state index contributed by atoms with van der Waals surface area (Å²) in [4.78, 5) is 57.1. The fourth-order valence-corrected chi connectivity index (χ4v) is 13.2. The van der Waals surface area contributed by atoms with Gasteiger partial charge in [0.1, 0.15) is 0 Å².